The number of guanidine groups is 1. The van der Waals surface area contributed by atoms with Crippen LogP contribution in [-0.2, 0) is 33.6 Å². The predicted octanol–water partition coefficient (Wildman–Crippen LogP) is -3.11. The van der Waals surface area contributed by atoms with Gasteiger partial charge in [-0.3, -0.25) is 34.2 Å². The molecule has 54 heavy (non-hydrogen) atoms. The summed E-state index contributed by atoms with van der Waals surface area (Å²) in [6, 6.07) is -6.20. The molecule has 1 rings (SSSR count). The van der Waals surface area contributed by atoms with Crippen molar-refractivity contribution in [3.8, 4) is 0 Å². The highest BCUT2D eigenvalue weighted by Gasteiger charge is 2.38. The molecule has 16 N–H and O–H groups in total. The van der Waals surface area contributed by atoms with Gasteiger partial charge in [-0.1, -0.05) is 27.7 Å². The van der Waals surface area contributed by atoms with E-state index < -0.39 is 84.2 Å². The molecule has 0 unspecified atom stereocenters. The Labute approximate surface area is 317 Å². The summed E-state index contributed by atoms with van der Waals surface area (Å²) in [5, 5.41) is 32.4. The van der Waals surface area contributed by atoms with Crippen LogP contribution in [0.5, 0.6) is 0 Å². The zero-order valence-corrected chi connectivity index (χ0v) is 32.1. The van der Waals surface area contributed by atoms with Gasteiger partial charge in [0.05, 0.1) is 12.6 Å². The Balaban J connectivity index is 2.98. The molecule has 0 saturated carbocycles. The third kappa shape index (κ3) is 17.1. The molecule has 0 spiro atoms. The minimum atomic E-state index is -1.26. The average Bonchev–Trinajstić information content (AvgIpc) is 3.60. The van der Waals surface area contributed by atoms with Gasteiger partial charge in [-0.05, 0) is 82.7 Å². The lowest BCUT2D eigenvalue weighted by molar-refractivity contribution is -0.142. The second-order valence-electron chi connectivity index (χ2n) is 14.3. The van der Waals surface area contributed by atoms with E-state index in [-0.39, 0.29) is 56.6 Å². The molecule has 0 aromatic rings. The van der Waals surface area contributed by atoms with Crippen molar-refractivity contribution >= 4 is 47.4 Å². The number of nitrogens with two attached hydrogens (primary N) is 4. The number of nitrogens with zero attached hydrogens (tertiary/aromatic N) is 1. The van der Waals surface area contributed by atoms with E-state index in [9.17, 15) is 38.7 Å². The Morgan fingerprint density at radius 3 is 1.98 bits per heavy atom. The summed E-state index contributed by atoms with van der Waals surface area (Å²) in [4.78, 5) is 92.5. The van der Waals surface area contributed by atoms with Crippen LogP contribution in [0.25, 0.3) is 0 Å². The minimum absolute atomic E-state index is 0.0234. The van der Waals surface area contributed by atoms with Crippen molar-refractivity contribution in [3.63, 3.8) is 0 Å². The van der Waals surface area contributed by atoms with Crippen molar-refractivity contribution in [2.45, 2.75) is 122 Å². The lowest BCUT2D eigenvalue weighted by Gasteiger charge is -2.29. The third-order valence-electron chi connectivity index (χ3n) is 8.83. The first kappa shape index (κ1) is 47.5. The zero-order valence-electron chi connectivity index (χ0n) is 32.1. The van der Waals surface area contributed by atoms with Crippen LogP contribution in [0, 0.1) is 17.2 Å². The van der Waals surface area contributed by atoms with Crippen LogP contribution in [0.2, 0.25) is 0 Å². The number of aliphatic carboxylic acids is 1. The first-order valence-electron chi connectivity index (χ1n) is 18.7. The van der Waals surface area contributed by atoms with E-state index in [0.717, 1.165) is 0 Å². The second kappa shape index (κ2) is 24.7. The van der Waals surface area contributed by atoms with Crippen molar-refractivity contribution in [2.75, 3.05) is 32.7 Å². The number of likely N-dealkylation sites (tertiary alicyclic amines) is 1. The molecule has 6 amide bonds. The minimum Gasteiger partial charge on any atom is -0.480 e. The quantitative estimate of drug-likeness (QED) is 0.0249. The van der Waals surface area contributed by atoms with Gasteiger partial charge in [0.25, 0.3) is 0 Å². The molecule has 308 valence electrons. The van der Waals surface area contributed by atoms with Crippen molar-refractivity contribution in [1.82, 2.24) is 36.8 Å². The molecule has 1 fully saturated rings. The summed E-state index contributed by atoms with van der Waals surface area (Å²) in [7, 11) is 0. The molecule has 0 aliphatic carbocycles. The summed E-state index contributed by atoms with van der Waals surface area (Å²) < 4.78 is 0. The summed E-state index contributed by atoms with van der Waals surface area (Å²) >= 11 is 0. The molecule has 20 nitrogen and oxygen atoms in total. The van der Waals surface area contributed by atoms with Crippen molar-refractivity contribution in [3.05, 3.63) is 0 Å². The first-order chi connectivity index (χ1) is 25.4. The third-order valence-corrected chi connectivity index (χ3v) is 8.83. The molecule has 1 saturated heterocycles. The molecule has 0 bridgehead atoms. The Bertz CT molecular complexity index is 1280. The van der Waals surface area contributed by atoms with Gasteiger partial charge in [0.2, 0.25) is 35.4 Å². The van der Waals surface area contributed by atoms with Gasteiger partial charge in [0.15, 0.2) is 5.96 Å². The van der Waals surface area contributed by atoms with Crippen LogP contribution in [0.1, 0.15) is 85.5 Å². The van der Waals surface area contributed by atoms with Gasteiger partial charge in [-0.25, -0.2) is 4.79 Å². The first-order valence-corrected chi connectivity index (χ1v) is 18.7. The summed E-state index contributed by atoms with van der Waals surface area (Å²) in [6.07, 6.45) is 2.93. The number of carbonyl (C=O) groups is 7. The maximum absolute atomic E-state index is 13.5. The lowest BCUT2D eigenvalue weighted by Crippen LogP contribution is -2.58. The van der Waals surface area contributed by atoms with Gasteiger partial charge in [0, 0.05) is 13.1 Å². The lowest BCUT2D eigenvalue weighted by atomic mass is 10.0. The Morgan fingerprint density at radius 1 is 0.796 bits per heavy atom. The molecule has 0 aromatic heterocycles. The fraction of sp³-hybridized carbons (Fsp3) is 0.765. The molecule has 1 heterocycles. The van der Waals surface area contributed by atoms with Gasteiger partial charge < -0.3 is 64.8 Å². The largest absolute Gasteiger partial charge is 0.480 e. The van der Waals surface area contributed by atoms with E-state index >= 15 is 0 Å². The predicted molar refractivity (Wildman–Crippen MR) is 201 cm³/mol. The van der Waals surface area contributed by atoms with Crippen LogP contribution < -0.4 is 54.8 Å². The van der Waals surface area contributed by atoms with E-state index in [4.69, 9.17) is 28.3 Å². The fourth-order valence-corrected chi connectivity index (χ4v) is 5.91. The SMILES string of the molecule is CC(C)C[C@H](NC(=O)[C@@H]1CCCN1C(=O)[C@@H](N)CCCN)C(=O)NCC(=O)N[C@H](C(=O)N[C@@H](CCCNC(=N)N)C(=O)N[C@@H](CCCN)C(=O)O)C(C)C. The van der Waals surface area contributed by atoms with E-state index in [1.807, 2.05) is 13.8 Å². The van der Waals surface area contributed by atoms with Crippen LogP contribution in [-0.4, -0.2) is 126 Å². The second-order valence-corrected chi connectivity index (χ2v) is 14.3. The highest BCUT2D eigenvalue weighted by Crippen LogP contribution is 2.20. The number of rotatable bonds is 25. The average molecular weight is 769 g/mol. The Hall–Kier alpha value is -4.56. The van der Waals surface area contributed by atoms with Gasteiger partial charge in [0.1, 0.15) is 30.2 Å². The van der Waals surface area contributed by atoms with E-state index in [0.29, 0.717) is 45.2 Å². The van der Waals surface area contributed by atoms with Crippen molar-refractivity contribution < 1.29 is 38.7 Å². The molecular formula is C34H64N12O8. The van der Waals surface area contributed by atoms with E-state index in [2.05, 4.69) is 31.9 Å². The van der Waals surface area contributed by atoms with Crippen LogP contribution in [0.15, 0.2) is 0 Å². The monoisotopic (exact) mass is 768 g/mol. The number of hydrogen-bond acceptors (Lipinski definition) is 11. The van der Waals surface area contributed by atoms with Gasteiger partial charge >= 0.3 is 5.97 Å². The molecule has 20 heteroatoms. The number of amides is 6. The highest BCUT2D eigenvalue weighted by molar-refractivity contribution is 5.96. The van der Waals surface area contributed by atoms with Crippen LogP contribution >= 0.6 is 0 Å². The molecule has 6 atom stereocenters. The zero-order chi connectivity index (χ0) is 41.0. The summed E-state index contributed by atoms with van der Waals surface area (Å²) in [5.74, 6) is -5.73. The van der Waals surface area contributed by atoms with E-state index in [1.54, 1.807) is 13.8 Å². The van der Waals surface area contributed by atoms with Crippen molar-refractivity contribution in [1.29, 1.82) is 5.41 Å². The fourth-order valence-electron chi connectivity index (χ4n) is 5.91. The van der Waals surface area contributed by atoms with E-state index in [1.165, 1.54) is 4.90 Å². The summed E-state index contributed by atoms with van der Waals surface area (Å²) in [6.45, 7) is 7.68. The Morgan fingerprint density at radius 2 is 1.41 bits per heavy atom. The molecule has 1 aliphatic rings. The topological polar surface area (TPSA) is 343 Å². The summed E-state index contributed by atoms with van der Waals surface area (Å²) in [5.41, 5.74) is 22.4. The number of nitrogens with one attached hydrogen (secondary N) is 7. The molecule has 0 radical (unpaired) electrons. The Kier molecular flexibility index (Phi) is 21.7. The number of carboxylic acid groups (broad SMARTS) is 1. The maximum atomic E-state index is 13.5. The maximum Gasteiger partial charge on any atom is 0.326 e. The van der Waals surface area contributed by atoms with Crippen LogP contribution in [0.4, 0.5) is 0 Å². The highest BCUT2D eigenvalue weighted by atomic mass is 16.4. The molecule has 0 aromatic carbocycles. The molecular weight excluding hydrogens is 704 g/mol. The van der Waals surface area contributed by atoms with Gasteiger partial charge in [-0.2, -0.15) is 0 Å². The van der Waals surface area contributed by atoms with Crippen LogP contribution in [0.3, 0.4) is 0 Å². The number of carboxylic acids is 1. The van der Waals surface area contributed by atoms with Gasteiger partial charge in [-0.15, -0.1) is 0 Å². The molecule has 1 aliphatic heterocycles. The smallest absolute Gasteiger partial charge is 0.326 e. The number of hydrogen-bond donors (Lipinski definition) is 12. The standard InChI is InChI=1S/C34H64N12O8/c1-19(2)17-24(44-30(50)25-12-8-16-46(25)32(52)21(37)9-5-13-35)28(48)41-18-26(47)45-27(20(3)4)31(51)42-22(11-7-15-40-34(38)39)29(49)43-23(33(53)54)10-6-14-36/h19-25,27H,5-18,35-37H2,1-4H3,(H,41,48)(H,42,51)(H,43,49)(H,44,50)(H,45,47)(H,53,54)(H4,38,39,40)/t21-,22-,23-,24-,25-,27-/m0/s1. The number of carbonyl (C=O) groups excluding carboxylic acids is 6. The normalized spacial score (nSPS) is 16.8. The van der Waals surface area contributed by atoms with Crippen molar-refractivity contribution in [2.24, 2.45) is 34.8 Å².